The van der Waals surface area contributed by atoms with Gasteiger partial charge in [-0.25, -0.2) is 18.6 Å². The fourth-order valence-electron chi connectivity index (χ4n) is 3.72. The Bertz CT molecular complexity index is 769. The van der Waals surface area contributed by atoms with E-state index in [-0.39, 0.29) is 25.0 Å². The molecule has 1 atom stereocenters. The van der Waals surface area contributed by atoms with E-state index < -0.39 is 27.8 Å². The number of nitrogens with zero attached hydrogens (tertiary/aromatic N) is 3. The lowest BCUT2D eigenvalue weighted by Crippen LogP contribution is -2.32. The van der Waals surface area contributed by atoms with Crippen molar-refractivity contribution in [1.29, 1.82) is 0 Å². The van der Waals surface area contributed by atoms with Crippen LogP contribution < -0.4 is 4.72 Å². The second kappa shape index (κ2) is 18.4. The molecule has 1 aromatic rings. The van der Waals surface area contributed by atoms with Crippen molar-refractivity contribution in [3.05, 3.63) is 5.82 Å². The molecule has 0 aliphatic carbocycles. The molecule has 10 nitrogen and oxygen atoms in total. The second-order valence-corrected chi connectivity index (χ2v) is 10.8. The number of sulfonamides is 1. The van der Waals surface area contributed by atoms with Gasteiger partial charge in [0, 0.05) is 19.3 Å². The van der Waals surface area contributed by atoms with Gasteiger partial charge in [-0.05, 0) is 36.6 Å². The van der Waals surface area contributed by atoms with Crippen LogP contribution in [-0.2, 0) is 31.1 Å². The van der Waals surface area contributed by atoms with Crippen LogP contribution in [0.5, 0.6) is 0 Å². The van der Waals surface area contributed by atoms with E-state index in [2.05, 4.69) is 20.6 Å². The fraction of sp³-hybridized carbons (Fsp3) is 0.870. The predicted molar refractivity (Wildman–Crippen MR) is 129 cm³/mol. The Balaban J connectivity index is 1.85. The number of carbonyl (C=O) groups excluding carboxylic acids is 2. The molecule has 1 amide bonds. The molecule has 1 rings (SSSR count). The molecule has 1 radical (unpaired) electrons. The predicted octanol–water partition coefficient (Wildman–Crippen LogP) is 3.82. The van der Waals surface area contributed by atoms with Crippen LogP contribution in [0, 0.1) is 0 Å². The first-order valence-electron chi connectivity index (χ1n) is 12.7. The van der Waals surface area contributed by atoms with Crippen LogP contribution in [0.1, 0.15) is 115 Å². The van der Waals surface area contributed by atoms with Crippen molar-refractivity contribution in [2.45, 2.75) is 122 Å². The van der Waals surface area contributed by atoms with Crippen molar-refractivity contribution in [1.82, 2.24) is 25.3 Å². The van der Waals surface area contributed by atoms with Gasteiger partial charge < -0.3 is 0 Å². The van der Waals surface area contributed by atoms with Crippen LogP contribution in [0.4, 0.5) is 0 Å². The minimum Gasteiger partial charge on any atom is -0.297 e. The number of aromatic amines is 1. The first-order valence-corrected chi connectivity index (χ1v) is 14.4. The van der Waals surface area contributed by atoms with Gasteiger partial charge in [-0.2, -0.15) is 0 Å². The highest BCUT2D eigenvalue weighted by Crippen LogP contribution is 2.13. The molecule has 0 saturated heterocycles. The first-order chi connectivity index (χ1) is 16.3. The molecule has 0 aliphatic rings. The summed E-state index contributed by atoms with van der Waals surface area (Å²) in [6.45, 7) is 1.24. The number of unbranched alkanes of at least 4 members (excludes halogenated alkanes) is 12. The number of rotatable bonds is 22. The smallest absolute Gasteiger partial charge is 0.234 e. The summed E-state index contributed by atoms with van der Waals surface area (Å²) in [7, 11) is -3.74. The first kappa shape index (κ1) is 30.2. The molecule has 11 heteroatoms. The number of amides is 1. The number of tetrazole rings is 1. The Morgan fingerprint density at radius 2 is 1.35 bits per heavy atom. The van der Waals surface area contributed by atoms with Gasteiger partial charge in [0.05, 0.1) is 5.75 Å². The molecule has 1 heterocycles. The molecule has 0 saturated carbocycles. The Kier molecular flexibility index (Phi) is 16.4. The average Bonchev–Trinajstić information content (AvgIpc) is 3.29. The number of carbonyl (C=O) groups is 2. The Hall–Kier alpha value is -1.88. The van der Waals surface area contributed by atoms with Crippen molar-refractivity contribution < 1.29 is 23.1 Å². The molecule has 34 heavy (non-hydrogen) atoms. The quantitative estimate of drug-likeness (QED) is 0.229. The van der Waals surface area contributed by atoms with Gasteiger partial charge in [0.15, 0.2) is 5.78 Å². The molecule has 0 aromatic carbocycles. The van der Waals surface area contributed by atoms with E-state index in [1.807, 2.05) is 4.72 Å². The van der Waals surface area contributed by atoms with Crippen molar-refractivity contribution in [2.24, 2.45) is 0 Å². The summed E-state index contributed by atoms with van der Waals surface area (Å²) in [4.78, 5) is 23.1. The molecular weight excluding hydrogens is 458 g/mol. The van der Waals surface area contributed by atoms with Gasteiger partial charge >= 0.3 is 0 Å². The van der Waals surface area contributed by atoms with E-state index in [1.54, 1.807) is 0 Å². The summed E-state index contributed by atoms with van der Waals surface area (Å²) >= 11 is 0. The summed E-state index contributed by atoms with van der Waals surface area (Å²) in [5.74, 6) is -0.465. The van der Waals surface area contributed by atoms with Gasteiger partial charge in [0.25, 0.3) is 0 Å². The highest BCUT2D eigenvalue weighted by Gasteiger charge is 2.16. The monoisotopic (exact) mass is 500 g/mol. The summed E-state index contributed by atoms with van der Waals surface area (Å²) < 4.78 is 25.8. The number of hydrogen-bond acceptors (Lipinski definition) is 7. The normalized spacial score (nSPS) is 12.5. The van der Waals surface area contributed by atoms with E-state index in [1.165, 1.54) is 58.3 Å². The van der Waals surface area contributed by atoms with Crippen LogP contribution >= 0.6 is 0 Å². The Labute approximate surface area is 204 Å². The van der Waals surface area contributed by atoms with Gasteiger partial charge in [-0.1, -0.05) is 70.6 Å². The van der Waals surface area contributed by atoms with Crippen molar-refractivity contribution in [3.8, 4) is 0 Å². The lowest BCUT2D eigenvalue weighted by atomic mass is 10.0. The average molecular weight is 501 g/mol. The van der Waals surface area contributed by atoms with E-state index >= 15 is 0 Å². The molecular formula is C23H42N5O5S. The second-order valence-electron chi connectivity index (χ2n) is 9.00. The minimum atomic E-state index is -3.74. The van der Waals surface area contributed by atoms with Crippen LogP contribution in [0.15, 0.2) is 0 Å². The standard InChI is InChI=1S/C23H42N5O5S/c1-20(29)21(30)16-15-19-34(32,33)26-23(31)18-14-12-10-8-6-4-2-3-5-7-9-11-13-17-22-24-27-28-25-22/h20H,2-19H2,1H3,(H,26,31)(H,24,25,27,28). The van der Waals surface area contributed by atoms with Crippen LogP contribution in [0.2, 0.25) is 0 Å². The van der Waals surface area contributed by atoms with Crippen molar-refractivity contribution in [3.63, 3.8) is 0 Å². The van der Waals surface area contributed by atoms with Crippen LogP contribution in [-0.4, -0.2) is 52.6 Å². The van der Waals surface area contributed by atoms with Gasteiger partial charge in [-0.3, -0.25) is 14.3 Å². The molecule has 0 spiro atoms. The maximum atomic E-state index is 11.9. The lowest BCUT2D eigenvalue weighted by molar-refractivity contribution is -0.129. The van der Waals surface area contributed by atoms with E-state index in [4.69, 9.17) is 0 Å². The summed E-state index contributed by atoms with van der Waals surface area (Å²) in [6.07, 6.45) is 14.7. The SMILES string of the molecule is CC([O])C(=O)CCCS(=O)(=O)NC(=O)CCCCCCCCCCCCCCCc1nnn[nH]1. The Morgan fingerprint density at radius 1 is 0.824 bits per heavy atom. The number of aromatic nitrogens is 4. The molecule has 195 valence electrons. The van der Waals surface area contributed by atoms with E-state index in [0.29, 0.717) is 6.42 Å². The summed E-state index contributed by atoms with van der Waals surface area (Å²) in [5, 5.41) is 24.7. The molecule has 0 bridgehead atoms. The summed E-state index contributed by atoms with van der Waals surface area (Å²) in [5.41, 5.74) is 0. The number of H-pyrrole nitrogens is 1. The topological polar surface area (TPSA) is 155 Å². The molecule has 1 aromatic heterocycles. The highest BCUT2D eigenvalue weighted by atomic mass is 32.2. The van der Waals surface area contributed by atoms with Gasteiger partial charge in [-0.15, -0.1) is 5.10 Å². The maximum absolute atomic E-state index is 11.9. The third kappa shape index (κ3) is 16.7. The van der Waals surface area contributed by atoms with Crippen LogP contribution in [0.3, 0.4) is 0 Å². The molecule has 2 N–H and O–H groups in total. The summed E-state index contributed by atoms with van der Waals surface area (Å²) in [6, 6.07) is 0. The van der Waals surface area contributed by atoms with Crippen molar-refractivity contribution in [2.75, 3.05) is 5.75 Å². The molecule has 0 fully saturated rings. The van der Waals surface area contributed by atoms with Crippen molar-refractivity contribution >= 4 is 21.7 Å². The zero-order valence-electron chi connectivity index (χ0n) is 20.6. The van der Waals surface area contributed by atoms with E-state index in [9.17, 15) is 23.1 Å². The zero-order valence-corrected chi connectivity index (χ0v) is 21.4. The zero-order chi connectivity index (χ0) is 25.1. The van der Waals surface area contributed by atoms with Crippen LogP contribution in [0.25, 0.3) is 0 Å². The lowest BCUT2D eigenvalue weighted by Gasteiger charge is -2.07. The molecule has 0 aliphatic heterocycles. The highest BCUT2D eigenvalue weighted by molar-refractivity contribution is 7.90. The third-order valence-corrected chi connectivity index (χ3v) is 7.13. The third-order valence-electron chi connectivity index (χ3n) is 5.77. The number of Topliss-reactive ketones (excluding diaryl/α,β-unsaturated/α-hetero) is 1. The van der Waals surface area contributed by atoms with E-state index in [0.717, 1.165) is 37.9 Å². The van der Waals surface area contributed by atoms with Gasteiger partial charge in [0.1, 0.15) is 11.9 Å². The number of nitrogens with one attached hydrogen (secondary N) is 2. The fourth-order valence-corrected chi connectivity index (χ4v) is 4.80. The Morgan fingerprint density at radius 3 is 1.85 bits per heavy atom. The number of hydrogen-bond donors (Lipinski definition) is 2. The van der Waals surface area contributed by atoms with Gasteiger partial charge in [0.2, 0.25) is 15.9 Å². The molecule has 1 unspecified atom stereocenters. The maximum Gasteiger partial charge on any atom is 0.234 e. The number of ketones is 1. The minimum absolute atomic E-state index is 0.0523. The largest absolute Gasteiger partial charge is 0.297 e. The number of aryl methyl sites for hydroxylation is 1.